The molecule has 0 aliphatic heterocycles. The number of halogens is 1. The monoisotopic (exact) mass is 360 g/mol. The Bertz CT molecular complexity index is 700. The quantitative estimate of drug-likeness (QED) is 0.586. The Kier molecular flexibility index (Phi) is 7.29. The minimum atomic E-state index is -0.385. The van der Waals surface area contributed by atoms with Gasteiger partial charge in [0.15, 0.2) is 0 Å². The molecule has 0 atom stereocenters. The lowest BCUT2D eigenvalue weighted by atomic mass is 10.1. The highest BCUT2D eigenvalue weighted by molar-refractivity contribution is 6.30. The van der Waals surface area contributed by atoms with Crippen LogP contribution in [0.15, 0.2) is 48.5 Å². The second kappa shape index (κ2) is 9.69. The third kappa shape index (κ3) is 6.47. The van der Waals surface area contributed by atoms with Crippen LogP contribution in [0.5, 0.6) is 5.75 Å². The maximum absolute atomic E-state index is 12.0. The van der Waals surface area contributed by atoms with E-state index in [1.54, 1.807) is 48.5 Å². The van der Waals surface area contributed by atoms with Crippen LogP contribution in [0.2, 0.25) is 5.02 Å². The predicted octanol–water partition coefficient (Wildman–Crippen LogP) is 3.52. The molecule has 132 valence electrons. The number of hydrogen-bond acceptors (Lipinski definition) is 3. The van der Waals surface area contributed by atoms with E-state index in [1.165, 1.54) is 0 Å². The first kappa shape index (κ1) is 18.8. The number of unbranched alkanes of at least 4 members (excludes halogenated alkanes) is 1. The minimum absolute atomic E-state index is 0.154. The standard InChI is InChI=1S/C19H21ClN2O3/c1-2-3-12-25-17-10-6-15(7-11-17)19(24)22-21-18(23)13-14-4-8-16(20)9-5-14/h4-11H,2-3,12-13H2,1H3,(H,21,23)(H,22,24). The van der Waals surface area contributed by atoms with Crippen LogP contribution in [0.1, 0.15) is 35.7 Å². The largest absolute Gasteiger partial charge is 0.494 e. The molecule has 0 spiro atoms. The predicted molar refractivity (Wildman–Crippen MR) is 97.6 cm³/mol. The molecule has 2 N–H and O–H groups in total. The molecule has 0 aliphatic carbocycles. The summed E-state index contributed by atoms with van der Waals surface area (Å²) in [5, 5.41) is 0.611. The Hall–Kier alpha value is -2.53. The van der Waals surface area contributed by atoms with Gasteiger partial charge in [-0.1, -0.05) is 37.1 Å². The highest BCUT2D eigenvalue weighted by Crippen LogP contribution is 2.13. The van der Waals surface area contributed by atoms with Crippen molar-refractivity contribution < 1.29 is 14.3 Å². The van der Waals surface area contributed by atoms with Crippen molar-refractivity contribution in [3.63, 3.8) is 0 Å². The Morgan fingerprint density at radius 3 is 2.32 bits per heavy atom. The fourth-order valence-electron chi connectivity index (χ4n) is 2.07. The highest BCUT2D eigenvalue weighted by Gasteiger charge is 2.08. The molecule has 2 aromatic carbocycles. The van der Waals surface area contributed by atoms with Crippen molar-refractivity contribution in [2.75, 3.05) is 6.61 Å². The van der Waals surface area contributed by atoms with Gasteiger partial charge in [-0.05, 0) is 48.4 Å². The van der Waals surface area contributed by atoms with Crippen molar-refractivity contribution in [3.8, 4) is 5.75 Å². The lowest BCUT2D eigenvalue weighted by Gasteiger charge is -2.09. The van der Waals surface area contributed by atoms with Crippen LogP contribution in [0.3, 0.4) is 0 Å². The Balaban J connectivity index is 1.79. The number of ether oxygens (including phenoxy) is 1. The van der Waals surface area contributed by atoms with Gasteiger partial charge in [0.1, 0.15) is 5.75 Å². The molecule has 0 heterocycles. The first-order valence-electron chi connectivity index (χ1n) is 8.15. The summed E-state index contributed by atoms with van der Waals surface area (Å²) in [7, 11) is 0. The Labute approximate surface area is 152 Å². The van der Waals surface area contributed by atoms with Crippen molar-refractivity contribution in [2.24, 2.45) is 0 Å². The zero-order chi connectivity index (χ0) is 18.1. The molecule has 0 fully saturated rings. The lowest BCUT2D eigenvalue weighted by molar-refractivity contribution is -0.121. The van der Waals surface area contributed by atoms with Crippen molar-refractivity contribution in [1.82, 2.24) is 10.9 Å². The molecule has 0 radical (unpaired) electrons. The summed E-state index contributed by atoms with van der Waals surface area (Å²) in [6, 6.07) is 13.7. The van der Waals surface area contributed by atoms with Crippen LogP contribution in [0, 0.1) is 0 Å². The van der Waals surface area contributed by atoms with E-state index >= 15 is 0 Å². The van der Waals surface area contributed by atoms with Gasteiger partial charge in [0.05, 0.1) is 13.0 Å². The van der Waals surface area contributed by atoms with Crippen LogP contribution >= 0.6 is 11.6 Å². The van der Waals surface area contributed by atoms with E-state index in [9.17, 15) is 9.59 Å². The average molecular weight is 361 g/mol. The van der Waals surface area contributed by atoms with E-state index in [0.717, 1.165) is 24.2 Å². The molecule has 2 aromatic rings. The zero-order valence-electron chi connectivity index (χ0n) is 14.0. The van der Waals surface area contributed by atoms with E-state index in [4.69, 9.17) is 16.3 Å². The third-order valence-electron chi connectivity index (χ3n) is 3.48. The van der Waals surface area contributed by atoms with E-state index in [-0.39, 0.29) is 18.2 Å². The average Bonchev–Trinajstić information content (AvgIpc) is 2.62. The molecule has 0 aromatic heterocycles. The fraction of sp³-hybridized carbons (Fsp3) is 0.263. The third-order valence-corrected chi connectivity index (χ3v) is 3.73. The van der Waals surface area contributed by atoms with Gasteiger partial charge < -0.3 is 4.74 Å². The van der Waals surface area contributed by atoms with Crippen LogP contribution in [0.25, 0.3) is 0 Å². The van der Waals surface area contributed by atoms with Gasteiger partial charge in [-0.3, -0.25) is 20.4 Å². The molecule has 0 bridgehead atoms. The summed E-state index contributed by atoms with van der Waals surface area (Å²) in [6.07, 6.45) is 2.21. The summed E-state index contributed by atoms with van der Waals surface area (Å²) < 4.78 is 5.54. The van der Waals surface area contributed by atoms with Gasteiger partial charge in [0.2, 0.25) is 5.91 Å². The summed E-state index contributed by atoms with van der Waals surface area (Å²) in [4.78, 5) is 23.9. The number of carbonyl (C=O) groups is 2. The summed E-state index contributed by atoms with van der Waals surface area (Å²) >= 11 is 5.80. The van der Waals surface area contributed by atoms with Crippen molar-refractivity contribution in [3.05, 3.63) is 64.7 Å². The van der Waals surface area contributed by atoms with Crippen molar-refractivity contribution in [1.29, 1.82) is 0 Å². The molecule has 0 saturated heterocycles. The first-order chi connectivity index (χ1) is 12.1. The number of hydrazine groups is 1. The molecule has 25 heavy (non-hydrogen) atoms. The number of carbonyl (C=O) groups excluding carboxylic acids is 2. The van der Waals surface area contributed by atoms with E-state index in [0.29, 0.717) is 17.2 Å². The summed E-state index contributed by atoms with van der Waals surface area (Å²) in [5.74, 6) is 0.0246. The molecular weight excluding hydrogens is 340 g/mol. The van der Waals surface area contributed by atoms with Gasteiger partial charge >= 0.3 is 0 Å². The molecule has 5 nitrogen and oxygen atoms in total. The van der Waals surface area contributed by atoms with Gasteiger partial charge in [-0.2, -0.15) is 0 Å². The number of rotatable bonds is 7. The van der Waals surface area contributed by atoms with Crippen LogP contribution in [0.4, 0.5) is 0 Å². The minimum Gasteiger partial charge on any atom is -0.494 e. The number of amides is 2. The first-order valence-corrected chi connectivity index (χ1v) is 8.52. The van der Waals surface area contributed by atoms with E-state index in [2.05, 4.69) is 17.8 Å². The molecule has 0 aliphatic rings. The molecule has 0 unspecified atom stereocenters. The van der Waals surface area contributed by atoms with Crippen LogP contribution in [-0.4, -0.2) is 18.4 Å². The summed E-state index contributed by atoms with van der Waals surface area (Å²) in [6.45, 7) is 2.75. The Morgan fingerprint density at radius 1 is 1.00 bits per heavy atom. The van der Waals surface area contributed by atoms with Gasteiger partial charge in [0, 0.05) is 10.6 Å². The van der Waals surface area contributed by atoms with Gasteiger partial charge in [-0.15, -0.1) is 0 Å². The smallest absolute Gasteiger partial charge is 0.269 e. The molecular formula is C19H21ClN2O3. The van der Waals surface area contributed by atoms with E-state index in [1.807, 2.05) is 0 Å². The SMILES string of the molecule is CCCCOc1ccc(C(=O)NNC(=O)Cc2ccc(Cl)cc2)cc1. The second-order valence-electron chi connectivity index (χ2n) is 5.53. The Morgan fingerprint density at radius 2 is 1.68 bits per heavy atom. The van der Waals surface area contributed by atoms with E-state index < -0.39 is 0 Å². The zero-order valence-corrected chi connectivity index (χ0v) is 14.8. The van der Waals surface area contributed by atoms with Crippen molar-refractivity contribution in [2.45, 2.75) is 26.2 Å². The van der Waals surface area contributed by atoms with Gasteiger partial charge in [-0.25, -0.2) is 0 Å². The molecule has 2 amide bonds. The number of nitrogens with one attached hydrogen (secondary N) is 2. The molecule has 6 heteroatoms. The fourth-order valence-corrected chi connectivity index (χ4v) is 2.19. The van der Waals surface area contributed by atoms with Crippen molar-refractivity contribution >= 4 is 23.4 Å². The second-order valence-corrected chi connectivity index (χ2v) is 5.97. The maximum atomic E-state index is 12.0. The summed E-state index contributed by atoms with van der Waals surface area (Å²) in [5.41, 5.74) is 6.04. The topological polar surface area (TPSA) is 67.4 Å². The molecule has 2 rings (SSSR count). The van der Waals surface area contributed by atoms with Crippen LogP contribution in [-0.2, 0) is 11.2 Å². The van der Waals surface area contributed by atoms with Crippen LogP contribution < -0.4 is 15.6 Å². The number of hydrogen-bond donors (Lipinski definition) is 2. The molecule has 0 saturated carbocycles. The normalized spacial score (nSPS) is 10.2. The highest BCUT2D eigenvalue weighted by atomic mass is 35.5. The van der Waals surface area contributed by atoms with Gasteiger partial charge in [0.25, 0.3) is 5.91 Å². The maximum Gasteiger partial charge on any atom is 0.269 e. The number of benzene rings is 2. The lowest BCUT2D eigenvalue weighted by Crippen LogP contribution is -2.42.